The summed E-state index contributed by atoms with van der Waals surface area (Å²) >= 11 is 0. The zero-order valence-corrected chi connectivity index (χ0v) is 12.2. The standard InChI is InChI=1S/C16H21N3O/c1-10(15-9-17-19(3)11(15)2)18-16-7-4-12-8-13(20)5-6-14(12)16/h5-6,8-10,16,18,20H,4,7H2,1-3H3. The van der Waals surface area contributed by atoms with Gasteiger partial charge >= 0.3 is 0 Å². The summed E-state index contributed by atoms with van der Waals surface area (Å²) in [5, 5.41) is 17.6. The highest BCUT2D eigenvalue weighted by molar-refractivity contribution is 5.40. The van der Waals surface area contributed by atoms with Crippen LogP contribution >= 0.6 is 0 Å². The van der Waals surface area contributed by atoms with E-state index in [0.29, 0.717) is 11.8 Å². The second-order valence-corrected chi connectivity index (χ2v) is 5.67. The van der Waals surface area contributed by atoms with E-state index in [9.17, 15) is 5.11 Å². The minimum atomic E-state index is 0.272. The lowest BCUT2D eigenvalue weighted by Gasteiger charge is -2.20. The average molecular weight is 271 g/mol. The fraction of sp³-hybridized carbons (Fsp3) is 0.438. The lowest BCUT2D eigenvalue weighted by atomic mass is 10.0. The lowest BCUT2D eigenvalue weighted by molar-refractivity contribution is 0.462. The van der Waals surface area contributed by atoms with Crippen molar-refractivity contribution in [2.75, 3.05) is 0 Å². The molecular formula is C16H21N3O. The Bertz CT molecular complexity index is 633. The molecule has 20 heavy (non-hydrogen) atoms. The summed E-state index contributed by atoms with van der Waals surface area (Å²) in [7, 11) is 1.97. The monoisotopic (exact) mass is 271 g/mol. The normalized spacial score (nSPS) is 19.1. The lowest BCUT2D eigenvalue weighted by Crippen LogP contribution is -2.23. The molecule has 0 bridgehead atoms. The van der Waals surface area contributed by atoms with Crippen molar-refractivity contribution in [2.24, 2.45) is 7.05 Å². The van der Waals surface area contributed by atoms with Gasteiger partial charge in [-0.1, -0.05) is 6.07 Å². The Kier molecular flexibility index (Phi) is 3.26. The molecule has 1 heterocycles. The zero-order chi connectivity index (χ0) is 14.3. The second-order valence-electron chi connectivity index (χ2n) is 5.67. The van der Waals surface area contributed by atoms with Gasteiger partial charge in [-0.15, -0.1) is 0 Å². The van der Waals surface area contributed by atoms with Crippen LogP contribution in [0.1, 0.15) is 47.8 Å². The molecular weight excluding hydrogens is 250 g/mol. The molecule has 2 N–H and O–H groups in total. The first-order valence-corrected chi connectivity index (χ1v) is 7.12. The molecule has 3 rings (SSSR count). The van der Waals surface area contributed by atoms with Crippen LogP contribution in [0.15, 0.2) is 24.4 Å². The molecule has 2 atom stereocenters. The predicted octanol–water partition coefficient (Wildman–Crippen LogP) is 2.77. The van der Waals surface area contributed by atoms with E-state index in [4.69, 9.17) is 0 Å². The van der Waals surface area contributed by atoms with Crippen LogP contribution in [-0.4, -0.2) is 14.9 Å². The van der Waals surface area contributed by atoms with E-state index >= 15 is 0 Å². The number of fused-ring (bicyclic) bond motifs is 1. The minimum Gasteiger partial charge on any atom is -0.508 e. The highest BCUT2D eigenvalue weighted by atomic mass is 16.3. The van der Waals surface area contributed by atoms with E-state index in [1.807, 2.05) is 30.1 Å². The minimum absolute atomic E-state index is 0.272. The number of phenols is 1. The number of rotatable bonds is 3. The van der Waals surface area contributed by atoms with Gasteiger partial charge < -0.3 is 10.4 Å². The van der Waals surface area contributed by atoms with Crippen molar-refractivity contribution in [3.05, 3.63) is 46.8 Å². The van der Waals surface area contributed by atoms with Crippen molar-refractivity contribution in [3.63, 3.8) is 0 Å². The van der Waals surface area contributed by atoms with Gasteiger partial charge in [-0.3, -0.25) is 4.68 Å². The van der Waals surface area contributed by atoms with Gasteiger partial charge in [0.25, 0.3) is 0 Å². The number of phenolic OH excluding ortho intramolecular Hbond substituents is 1. The van der Waals surface area contributed by atoms with E-state index in [-0.39, 0.29) is 6.04 Å². The molecule has 0 saturated heterocycles. The van der Waals surface area contributed by atoms with E-state index in [0.717, 1.165) is 12.8 Å². The number of nitrogens with one attached hydrogen (secondary N) is 1. The summed E-state index contributed by atoms with van der Waals surface area (Å²) in [5.74, 6) is 0.362. The molecule has 1 aromatic carbocycles. The summed E-state index contributed by atoms with van der Waals surface area (Å²) < 4.78 is 1.91. The molecule has 1 aromatic heterocycles. The smallest absolute Gasteiger partial charge is 0.115 e. The summed E-state index contributed by atoms with van der Waals surface area (Å²) in [6, 6.07) is 6.34. The Hall–Kier alpha value is -1.81. The number of aryl methyl sites for hydroxylation is 2. The maximum atomic E-state index is 9.55. The summed E-state index contributed by atoms with van der Waals surface area (Å²) in [6.45, 7) is 4.28. The van der Waals surface area contributed by atoms with Crippen molar-refractivity contribution >= 4 is 0 Å². The molecule has 2 unspecified atom stereocenters. The van der Waals surface area contributed by atoms with E-state index < -0.39 is 0 Å². The molecule has 0 fully saturated rings. The summed E-state index contributed by atoms with van der Waals surface area (Å²) in [6.07, 6.45) is 4.06. The van der Waals surface area contributed by atoms with Gasteiger partial charge in [0.1, 0.15) is 5.75 Å². The molecule has 1 aliphatic rings. The molecule has 1 aliphatic carbocycles. The Morgan fingerprint density at radius 3 is 2.95 bits per heavy atom. The molecule has 0 amide bonds. The fourth-order valence-electron chi connectivity index (χ4n) is 3.11. The largest absolute Gasteiger partial charge is 0.508 e. The van der Waals surface area contributed by atoms with Crippen LogP contribution in [0.2, 0.25) is 0 Å². The van der Waals surface area contributed by atoms with E-state index in [2.05, 4.69) is 24.3 Å². The van der Waals surface area contributed by atoms with Gasteiger partial charge in [-0.25, -0.2) is 0 Å². The maximum Gasteiger partial charge on any atom is 0.115 e. The Labute approximate surface area is 119 Å². The van der Waals surface area contributed by atoms with Crippen LogP contribution in [0.5, 0.6) is 5.75 Å². The topological polar surface area (TPSA) is 50.1 Å². The number of aromatic nitrogens is 2. The molecule has 0 saturated carbocycles. The molecule has 4 nitrogen and oxygen atoms in total. The third kappa shape index (κ3) is 2.20. The Morgan fingerprint density at radius 1 is 1.45 bits per heavy atom. The quantitative estimate of drug-likeness (QED) is 0.902. The van der Waals surface area contributed by atoms with Crippen molar-refractivity contribution in [3.8, 4) is 5.75 Å². The molecule has 106 valence electrons. The van der Waals surface area contributed by atoms with Crippen molar-refractivity contribution in [1.29, 1.82) is 0 Å². The SMILES string of the molecule is Cc1c(C(C)NC2CCc3cc(O)ccc32)cnn1C. The maximum absolute atomic E-state index is 9.55. The van der Waals surface area contributed by atoms with Gasteiger partial charge in [-0.2, -0.15) is 5.10 Å². The first kappa shape index (κ1) is 13.2. The zero-order valence-electron chi connectivity index (χ0n) is 12.2. The number of nitrogens with zero attached hydrogens (tertiary/aromatic N) is 2. The van der Waals surface area contributed by atoms with Crippen molar-refractivity contribution < 1.29 is 5.11 Å². The Balaban J connectivity index is 1.79. The molecule has 2 aromatic rings. The third-order valence-corrected chi connectivity index (χ3v) is 4.40. The van der Waals surface area contributed by atoms with Crippen LogP contribution in [0, 0.1) is 6.92 Å². The van der Waals surface area contributed by atoms with Gasteiger partial charge in [0.05, 0.1) is 6.20 Å². The van der Waals surface area contributed by atoms with Crippen LogP contribution in [0.4, 0.5) is 0 Å². The van der Waals surface area contributed by atoms with Gasteiger partial charge in [0.2, 0.25) is 0 Å². The molecule has 0 spiro atoms. The highest BCUT2D eigenvalue weighted by Gasteiger charge is 2.25. The van der Waals surface area contributed by atoms with Gasteiger partial charge in [0.15, 0.2) is 0 Å². The second kappa shape index (κ2) is 4.94. The number of hydrogen-bond donors (Lipinski definition) is 2. The first-order valence-electron chi connectivity index (χ1n) is 7.12. The average Bonchev–Trinajstić information content (AvgIpc) is 2.95. The summed E-state index contributed by atoms with van der Waals surface area (Å²) in [4.78, 5) is 0. The number of benzene rings is 1. The van der Waals surface area contributed by atoms with Gasteiger partial charge in [0, 0.05) is 30.4 Å². The fourth-order valence-corrected chi connectivity index (χ4v) is 3.11. The molecule has 0 radical (unpaired) electrons. The number of aromatic hydroxyl groups is 1. The van der Waals surface area contributed by atoms with E-state index in [1.165, 1.54) is 22.4 Å². The molecule has 0 aliphatic heterocycles. The highest BCUT2D eigenvalue weighted by Crippen LogP contribution is 2.35. The predicted molar refractivity (Wildman–Crippen MR) is 78.7 cm³/mol. The number of hydrogen-bond acceptors (Lipinski definition) is 3. The molecule has 4 heteroatoms. The van der Waals surface area contributed by atoms with Crippen molar-refractivity contribution in [2.45, 2.75) is 38.8 Å². The van der Waals surface area contributed by atoms with E-state index in [1.54, 1.807) is 6.07 Å². The summed E-state index contributed by atoms with van der Waals surface area (Å²) in [5.41, 5.74) is 5.03. The van der Waals surface area contributed by atoms with Crippen LogP contribution in [0.3, 0.4) is 0 Å². The first-order chi connectivity index (χ1) is 9.56. The third-order valence-electron chi connectivity index (χ3n) is 4.40. The van der Waals surface area contributed by atoms with Crippen LogP contribution < -0.4 is 5.32 Å². The van der Waals surface area contributed by atoms with Gasteiger partial charge in [-0.05, 0) is 49.9 Å². The van der Waals surface area contributed by atoms with Crippen LogP contribution in [0.25, 0.3) is 0 Å². The van der Waals surface area contributed by atoms with Crippen molar-refractivity contribution in [1.82, 2.24) is 15.1 Å². The Morgan fingerprint density at radius 2 is 2.25 bits per heavy atom. The van der Waals surface area contributed by atoms with Crippen LogP contribution in [-0.2, 0) is 13.5 Å².